The molecule has 0 radical (unpaired) electrons. The standard InChI is InChI=1S/C30H25ClF2N4O3S/c1-22-2-11-27(12-3-22)41(38,39)40-30(19-37-21-34-20-35-37,28-13-10-26(32)16-29(28)33)18-36-15-14-24(17-36)5-4-23-6-8-25(31)9-7-23/h2-17,20-21H,18-19H2,1H3. The van der Waals surface area contributed by atoms with Gasteiger partial charge in [-0.3, -0.25) is 4.18 Å². The Balaban J connectivity index is 1.58. The fourth-order valence-corrected chi connectivity index (χ4v) is 5.74. The maximum Gasteiger partial charge on any atom is 0.297 e. The number of hydrogen-bond acceptors (Lipinski definition) is 5. The molecular weight excluding hydrogens is 570 g/mol. The SMILES string of the molecule is Cc1ccc(S(=O)(=O)OC(Cn2ccc(C=Cc3ccc(Cl)cc3)c2)(Cn2cncn2)c2ccc(F)cc2F)cc1. The molecule has 0 aliphatic heterocycles. The third-order valence-electron chi connectivity index (χ3n) is 6.43. The fraction of sp³-hybridized carbons (Fsp3) is 0.133. The summed E-state index contributed by atoms with van der Waals surface area (Å²) in [6, 6.07) is 18.2. The van der Waals surface area contributed by atoms with Crippen molar-refractivity contribution >= 4 is 33.9 Å². The lowest BCUT2D eigenvalue weighted by atomic mass is 9.92. The van der Waals surface area contributed by atoms with Crippen LogP contribution in [0.15, 0.2) is 103 Å². The van der Waals surface area contributed by atoms with Crippen LogP contribution >= 0.6 is 11.6 Å². The lowest BCUT2D eigenvalue weighted by Gasteiger charge is -2.34. The van der Waals surface area contributed by atoms with Gasteiger partial charge in [-0.1, -0.05) is 59.6 Å². The third-order valence-corrected chi connectivity index (χ3v) is 8.07. The first-order valence-corrected chi connectivity index (χ1v) is 14.3. The molecule has 5 rings (SSSR count). The zero-order valence-electron chi connectivity index (χ0n) is 21.9. The van der Waals surface area contributed by atoms with Crippen LogP contribution < -0.4 is 0 Å². The summed E-state index contributed by atoms with van der Waals surface area (Å²) in [4.78, 5) is 3.84. The zero-order chi connectivity index (χ0) is 29.0. The Morgan fingerprint density at radius 2 is 1.68 bits per heavy atom. The van der Waals surface area contributed by atoms with Crippen LogP contribution in [0.3, 0.4) is 0 Å². The van der Waals surface area contributed by atoms with Crippen LogP contribution in [0.1, 0.15) is 22.3 Å². The van der Waals surface area contributed by atoms with Gasteiger partial charge in [-0.25, -0.2) is 18.4 Å². The number of halogens is 3. The van der Waals surface area contributed by atoms with E-state index in [0.29, 0.717) is 11.1 Å². The van der Waals surface area contributed by atoms with Crippen LogP contribution in [-0.2, 0) is 33.0 Å². The average molecular weight is 595 g/mol. The number of benzene rings is 3. The molecule has 2 aromatic heterocycles. The Morgan fingerprint density at radius 3 is 2.37 bits per heavy atom. The minimum absolute atomic E-state index is 0.104. The highest BCUT2D eigenvalue weighted by molar-refractivity contribution is 7.86. The highest BCUT2D eigenvalue weighted by atomic mass is 35.5. The van der Waals surface area contributed by atoms with Crippen LogP contribution in [0.4, 0.5) is 8.78 Å². The van der Waals surface area contributed by atoms with E-state index in [4.69, 9.17) is 15.8 Å². The van der Waals surface area contributed by atoms with E-state index in [2.05, 4.69) is 10.1 Å². The highest BCUT2D eigenvalue weighted by Gasteiger charge is 2.42. The molecule has 3 aromatic carbocycles. The first-order valence-electron chi connectivity index (χ1n) is 12.5. The number of hydrogen-bond donors (Lipinski definition) is 0. The van der Waals surface area contributed by atoms with Crippen molar-refractivity contribution in [1.29, 1.82) is 0 Å². The number of rotatable bonds is 10. The van der Waals surface area contributed by atoms with E-state index in [1.165, 1.54) is 35.5 Å². The highest BCUT2D eigenvalue weighted by Crippen LogP contribution is 2.36. The molecule has 2 heterocycles. The molecule has 0 spiro atoms. The van der Waals surface area contributed by atoms with Gasteiger partial charge in [0, 0.05) is 29.0 Å². The van der Waals surface area contributed by atoms with E-state index in [1.807, 2.05) is 37.3 Å². The molecule has 0 N–H and O–H groups in total. The first kappa shape index (κ1) is 28.4. The lowest BCUT2D eigenvalue weighted by molar-refractivity contribution is 0.0286. The quantitative estimate of drug-likeness (QED) is 0.173. The minimum atomic E-state index is -4.44. The van der Waals surface area contributed by atoms with Crippen molar-refractivity contribution in [3.8, 4) is 0 Å². The van der Waals surface area contributed by atoms with Gasteiger partial charge < -0.3 is 4.57 Å². The van der Waals surface area contributed by atoms with E-state index in [1.54, 1.807) is 41.2 Å². The maximum atomic E-state index is 15.5. The van der Waals surface area contributed by atoms with E-state index < -0.39 is 27.4 Å². The van der Waals surface area contributed by atoms with Crippen LogP contribution in [0.25, 0.3) is 12.2 Å². The molecule has 0 saturated carbocycles. The average Bonchev–Trinajstić information content (AvgIpc) is 3.60. The van der Waals surface area contributed by atoms with Crippen molar-refractivity contribution in [2.75, 3.05) is 0 Å². The van der Waals surface area contributed by atoms with E-state index in [0.717, 1.165) is 22.8 Å². The Hall–Kier alpha value is -4.12. The van der Waals surface area contributed by atoms with Crippen molar-refractivity contribution in [2.24, 2.45) is 0 Å². The molecule has 5 aromatic rings. The van der Waals surface area contributed by atoms with Crippen molar-refractivity contribution in [3.05, 3.63) is 137 Å². The van der Waals surface area contributed by atoms with Crippen molar-refractivity contribution in [2.45, 2.75) is 30.5 Å². The van der Waals surface area contributed by atoms with Gasteiger partial charge in [-0.15, -0.1) is 0 Å². The lowest BCUT2D eigenvalue weighted by Crippen LogP contribution is -2.42. The van der Waals surface area contributed by atoms with Gasteiger partial charge >= 0.3 is 0 Å². The largest absolute Gasteiger partial charge is 0.350 e. The second-order valence-corrected chi connectivity index (χ2v) is 11.5. The van der Waals surface area contributed by atoms with Crippen LogP contribution in [0, 0.1) is 18.6 Å². The van der Waals surface area contributed by atoms with Gasteiger partial charge in [0.1, 0.15) is 24.3 Å². The van der Waals surface area contributed by atoms with Crippen molar-refractivity contribution in [3.63, 3.8) is 0 Å². The molecule has 210 valence electrons. The zero-order valence-corrected chi connectivity index (χ0v) is 23.4. The second-order valence-electron chi connectivity index (χ2n) is 9.56. The van der Waals surface area contributed by atoms with Gasteiger partial charge in [0.2, 0.25) is 0 Å². The Bertz CT molecular complexity index is 1770. The Kier molecular flexibility index (Phi) is 8.16. The predicted molar refractivity (Wildman–Crippen MR) is 152 cm³/mol. The summed E-state index contributed by atoms with van der Waals surface area (Å²) in [5, 5.41) is 4.74. The van der Waals surface area contributed by atoms with E-state index >= 15 is 4.39 Å². The van der Waals surface area contributed by atoms with E-state index in [-0.39, 0.29) is 23.5 Å². The molecule has 7 nitrogen and oxygen atoms in total. The number of aromatic nitrogens is 4. The Morgan fingerprint density at radius 1 is 0.951 bits per heavy atom. The molecule has 0 bridgehead atoms. The molecule has 0 aliphatic carbocycles. The normalized spacial score (nSPS) is 13.5. The minimum Gasteiger partial charge on any atom is -0.350 e. The number of nitrogens with zero attached hydrogens (tertiary/aromatic N) is 4. The molecule has 0 saturated heterocycles. The van der Waals surface area contributed by atoms with Gasteiger partial charge in [0.25, 0.3) is 10.1 Å². The summed E-state index contributed by atoms with van der Waals surface area (Å²) in [6.07, 6.45) is 9.91. The summed E-state index contributed by atoms with van der Waals surface area (Å²) in [5.74, 6) is -1.77. The van der Waals surface area contributed by atoms with Gasteiger partial charge in [0.05, 0.1) is 18.0 Å². The van der Waals surface area contributed by atoms with E-state index in [9.17, 15) is 12.8 Å². The molecule has 11 heteroatoms. The van der Waals surface area contributed by atoms with Gasteiger partial charge in [-0.05, 0) is 54.4 Å². The summed E-state index contributed by atoms with van der Waals surface area (Å²) in [5.41, 5.74) is 0.552. The van der Waals surface area contributed by atoms with Crippen molar-refractivity contribution in [1.82, 2.24) is 19.3 Å². The molecule has 0 amide bonds. The van der Waals surface area contributed by atoms with Crippen LogP contribution in [-0.4, -0.2) is 27.7 Å². The second kappa shape index (κ2) is 11.8. The molecular formula is C30H25ClF2N4O3S. The third kappa shape index (κ3) is 6.79. The van der Waals surface area contributed by atoms with Gasteiger partial charge in [0.15, 0.2) is 5.60 Å². The van der Waals surface area contributed by atoms with Crippen LogP contribution in [0.2, 0.25) is 5.02 Å². The monoisotopic (exact) mass is 594 g/mol. The summed E-state index contributed by atoms with van der Waals surface area (Å²) in [7, 11) is -4.44. The number of aryl methyl sites for hydroxylation is 1. The van der Waals surface area contributed by atoms with Gasteiger partial charge in [-0.2, -0.15) is 13.5 Å². The fourth-order valence-electron chi connectivity index (χ4n) is 4.43. The molecule has 1 unspecified atom stereocenters. The molecule has 41 heavy (non-hydrogen) atoms. The molecule has 0 aliphatic rings. The predicted octanol–water partition coefficient (Wildman–Crippen LogP) is 6.49. The van der Waals surface area contributed by atoms with Crippen molar-refractivity contribution < 1.29 is 21.4 Å². The van der Waals surface area contributed by atoms with Crippen LogP contribution in [0.5, 0.6) is 0 Å². The Labute approximate surface area is 241 Å². The topological polar surface area (TPSA) is 79.0 Å². The summed E-state index contributed by atoms with van der Waals surface area (Å²) < 4.78 is 65.7. The molecule has 1 atom stereocenters. The summed E-state index contributed by atoms with van der Waals surface area (Å²) in [6.45, 7) is 1.43. The first-order chi connectivity index (χ1) is 19.6. The molecule has 0 fully saturated rings. The smallest absolute Gasteiger partial charge is 0.297 e. The maximum absolute atomic E-state index is 15.5. The summed E-state index contributed by atoms with van der Waals surface area (Å²) >= 11 is 5.97.